The molecule has 0 atom stereocenters. The van der Waals surface area contributed by atoms with Crippen LogP contribution in [0.1, 0.15) is 35.1 Å². The second kappa shape index (κ2) is 10.6. The zero-order chi connectivity index (χ0) is 21.5. The summed E-state index contributed by atoms with van der Waals surface area (Å²) >= 11 is 5.81. The second-order valence-corrected chi connectivity index (χ2v) is 8.69. The van der Waals surface area contributed by atoms with Crippen molar-refractivity contribution in [1.29, 1.82) is 0 Å². The third-order valence-corrected chi connectivity index (χ3v) is 6.13. The summed E-state index contributed by atoms with van der Waals surface area (Å²) in [6.07, 6.45) is 2.19. The monoisotopic (exact) mass is 430 g/mol. The summed E-state index contributed by atoms with van der Waals surface area (Å²) < 4.78 is 6.14. The van der Waals surface area contributed by atoms with Gasteiger partial charge in [-0.25, -0.2) is 0 Å². The van der Waals surface area contributed by atoms with Crippen molar-refractivity contribution in [2.45, 2.75) is 39.0 Å². The summed E-state index contributed by atoms with van der Waals surface area (Å²) in [6.45, 7) is 5.82. The minimum absolute atomic E-state index is 0.405. The minimum Gasteiger partial charge on any atom is -0.488 e. The van der Waals surface area contributed by atoms with Crippen LogP contribution in [0.4, 0.5) is 0 Å². The lowest BCUT2D eigenvalue weighted by Gasteiger charge is -2.33. The molecule has 1 aliphatic rings. The van der Waals surface area contributed by atoms with Crippen molar-refractivity contribution in [3.63, 3.8) is 0 Å². The summed E-state index contributed by atoms with van der Waals surface area (Å²) in [4.78, 5) is 3.31. The molecule has 3 nitrogen and oxygen atoms in total. The van der Waals surface area contributed by atoms with Gasteiger partial charge in [-0.15, -0.1) is 0 Å². The number of nitrogens with one attached hydrogen (secondary N) is 1. The summed E-state index contributed by atoms with van der Waals surface area (Å²) in [5.74, 6) is 0.841. The Balaban J connectivity index is 1.33. The summed E-state index contributed by atoms with van der Waals surface area (Å²) in [5.41, 5.74) is 4.70. The normalized spacial score (nSPS) is 14.9. The first kappa shape index (κ1) is 21.5. The molecular weight excluding hydrogens is 400 g/mol. The number of hydrogen-bond donors (Lipinski definition) is 1. The Hall–Kier alpha value is -2.69. The number of nitrogens with zero attached hydrogens (tertiary/aromatic N) is 1. The average Bonchev–Trinajstić information content (AvgIpc) is 2.81. The third-order valence-electron chi connectivity index (χ3n) is 5.79. The summed E-state index contributed by atoms with van der Waals surface area (Å²) in [7, 11) is 0. The van der Waals surface area contributed by atoms with E-state index in [1.165, 1.54) is 11.1 Å². The third kappa shape index (κ3) is 6.16. The van der Waals surface area contributed by atoms with E-state index in [1.54, 1.807) is 0 Å². The van der Waals surface area contributed by atoms with Crippen LogP contribution in [0.15, 0.2) is 78.9 Å². The first-order valence-corrected chi connectivity index (χ1v) is 11.4. The average molecular weight is 431 g/mol. The molecule has 1 aliphatic heterocycles. The Morgan fingerprint density at radius 2 is 1.58 bits per heavy atom. The maximum absolute atomic E-state index is 6.14. The van der Waals surface area contributed by atoms with E-state index in [4.69, 9.17) is 17.0 Å². The number of likely N-dealkylation sites (tertiary alicyclic amines) is 1. The van der Waals surface area contributed by atoms with Crippen LogP contribution in [0, 0.1) is 6.92 Å². The minimum atomic E-state index is 0.405. The highest BCUT2D eigenvalue weighted by Crippen LogP contribution is 2.23. The van der Waals surface area contributed by atoms with Crippen molar-refractivity contribution in [2.75, 3.05) is 13.1 Å². The van der Waals surface area contributed by atoms with Crippen molar-refractivity contribution in [3.05, 3.63) is 101 Å². The molecule has 3 aromatic rings. The van der Waals surface area contributed by atoms with Crippen LogP contribution >= 0.6 is 12.2 Å². The lowest BCUT2D eigenvalue weighted by atomic mass is 10.0. The van der Waals surface area contributed by atoms with Crippen molar-refractivity contribution in [3.8, 4) is 5.75 Å². The number of aryl methyl sites for hydroxylation is 1. The molecule has 0 spiro atoms. The van der Waals surface area contributed by atoms with Crippen molar-refractivity contribution in [1.82, 2.24) is 10.2 Å². The molecule has 1 heterocycles. The quantitative estimate of drug-likeness (QED) is 0.500. The van der Waals surface area contributed by atoms with Crippen LogP contribution < -0.4 is 10.1 Å². The summed E-state index contributed by atoms with van der Waals surface area (Å²) in [5, 5.41) is 3.61. The van der Waals surface area contributed by atoms with Crippen LogP contribution in [0.2, 0.25) is 0 Å². The molecule has 0 saturated carbocycles. The fourth-order valence-electron chi connectivity index (χ4n) is 4.02. The Kier molecular flexibility index (Phi) is 7.34. The SMILES string of the molecule is Cc1ccc(OCc2ccccc2)c(C(=S)NC2CCN(Cc3ccccc3)CC2)c1. The highest BCUT2D eigenvalue weighted by Gasteiger charge is 2.21. The standard InChI is InChI=1S/C27H30N2OS/c1-21-12-13-26(30-20-23-10-6-3-7-11-23)25(18-21)27(31)28-24-14-16-29(17-15-24)19-22-8-4-2-5-9-22/h2-13,18,24H,14-17,19-20H2,1H3,(H,28,31). The van der Waals surface area contributed by atoms with Crippen LogP contribution in [0.5, 0.6) is 5.75 Å². The Morgan fingerprint density at radius 1 is 0.935 bits per heavy atom. The van der Waals surface area contributed by atoms with Crippen LogP contribution in [-0.4, -0.2) is 29.0 Å². The highest BCUT2D eigenvalue weighted by atomic mass is 32.1. The lowest BCUT2D eigenvalue weighted by molar-refractivity contribution is 0.199. The molecule has 4 rings (SSSR count). The van der Waals surface area contributed by atoms with Gasteiger partial charge in [0.25, 0.3) is 0 Å². The molecule has 0 aromatic heterocycles. The molecule has 0 aliphatic carbocycles. The van der Waals surface area contributed by atoms with E-state index in [2.05, 4.69) is 71.7 Å². The van der Waals surface area contributed by atoms with E-state index >= 15 is 0 Å². The fraction of sp³-hybridized carbons (Fsp3) is 0.296. The van der Waals surface area contributed by atoms with Crippen molar-refractivity contribution in [2.24, 2.45) is 0 Å². The van der Waals surface area contributed by atoms with E-state index in [1.807, 2.05) is 24.3 Å². The predicted octanol–water partition coefficient (Wildman–Crippen LogP) is 5.50. The number of thiocarbonyl (C=S) groups is 1. The van der Waals surface area contributed by atoms with E-state index in [-0.39, 0.29) is 0 Å². The molecule has 1 fully saturated rings. The first-order valence-electron chi connectivity index (χ1n) is 11.0. The maximum atomic E-state index is 6.14. The molecule has 0 unspecified atom stereocenters. The number of hydrogen-bond acceptors (Lipinski definition) is 3. The van der Waals surface area contributed by atoms with Crippen LogP contribution in [0.25, 0.3) is 0 Å². The smallest absolute Gasteiger partial charge is 0.130 e. The number of ether oxygens (including phenoxy) is 1. The van der Waals surface area contributed by atoms with Crippen molar-refractivity contribution < 1.29 is 4.74 Å². The van der Waals surface area contributed by atoms with Gasteiger partial charge in [-0.3, -0.25) is 4.90 Å². The van der Waals surface area contributed by atoms with Gasteiger partial charge < -0.3 is 10.1 Å². The fourth-order valence-corrected chi connectivity index (χ4v) is 4.35. The Morgan fingerprint density at radius 3 is 2.26 bits per heavy atom. The number of piperidine rings is 1. The second-order valence-electron chi connectivity index (χ2n) is 8.28. The number of rotatable bonds is 7. The molecule has 160 valence electrons. The van der Waals surface area contributed by atoms with E-state index in [0.29, 0.717) is 12.6 Å². The topological polar surface area (TPSA) is 24.5 Å². The molecular formula is C27H30N2OS. The van der Waals surface area contributed by atoms with Gasteiger partial charge in [0.05, 0.1) is 5.56 Å². The molecule has 4 heteroatoms. The molecule has 31 heavy (non-hydrogen) atoms. The molecule has 0 amide bonds. The van der Waals surface area contributed by atoms with Gasteiger partial charge in [0.1, 0.15) is 17.3 Å². The van der Waals surface area contributed by atoms with Gasteiger partial charge in [-0.05, 0) is 43.0 Å². The largest absolute Gasteiger partial charge is 0.488 e. The van der Waals surface area contributed by atoms with E-state index in [0.717, 1.165) is 54.3 Å². The van der Waals surface area contributed by atoms with E-state index in [9.17, 15) is 0 Å². The number of benzene rings is 3. The zero-order valence-corrected chi connectivity index (χ0v) is 18.9. The highest BCUT2D eigenvalue weighted by molar-refractivity contribution is 7.80. The molecule has 0 bridgehead atoms. The lowest BCUT2D eigenvalue weighted by Crippen LogP contribution is -2.44. The molecule has 1 N–H and O–H groups in total. The molecule has 0 radical (unpaired) electrons. The van der Waals surface area contributed by atoms with Gasteiger partial charge in [-0.1, -0.05) is 84.5 Å². The zero-order valence-electron chi connectivity index (χ0n) is 18.1. The van der Waals surface area contributed by atoms with Crippen LogP contribution in [0.3, 0.4) is 0 Å². The van der Waals surface area contributed by atoms with E-state index < -0.39 is 0 Å². The molecule has 1 saturated heterocycles. The Bertz CT molecular complexity index is 983. The molecule has 3 aromatic carbocycles. The predicted molar refractivity (Wildman–Crippen MR) is 132 cm³/mol. The van der Waals surface area contributed by atoms with Crippen LogP contribution in [-0.2, 0) is 13.2 Å². The summed E-state index contributed by atoms with van der Waals surface area (Å²) in [6, 6.07) is 27.6. The van der Waals surface area contributed by atoms with Gasteiger partial charge >= 0.3 is 0 Å². The van der Waals surface area contributed by atoms with Gasteiger partial charge in [-0.2, -0.15) is 0 Å². The van der Waals surface area contributed by atoms with Crippen molar-refractivity contribution >= 4 is 17.2 Å². The Labute approximate surface area is 191 Å². The first-order chi connectivity index (χ1) is 15.2. The van der Waals surface area contributed by atoms with Gasteiger partial charge in [0, 0.05) is 25.7 Å². The van der Waals surface area contributed by atoms with Gasteiger partial charge in [0.2, 0.25) is 0 Å². The van der Waals surface area contributed by atoms with Gasteiger partial charge in [0.15, 0.2) is 0 Å². The maximum Gasteiger partial charge on any atom is 0.130 e.